The second-order valence-electron chi connectivity index (χ2n) is 5.83. The van der Waals surface area contributed by atoms with Gasteiger partial charge in [0.25, 0.3) is 0 Å². The lowest BCUT2D eigenvalue weighted by Crippen LogP contribution is -2.39. The normalized spacial score (nSPS) is 11.8. The van der Waals surface area contributed by atoms with Crippen LogP contribution in [0.1, 0.15) is 30.9 Å². The number of ether oxygens (including phenoxy) is 1. The predicted molar refractivity (Wildman–Crippen MR) is 89.0 cm³/mol. The van der Waals surface area contributed by atoms with Gasteiger partial charge in [0.2, 0.25) is 5.91 Å². The fourth-order valence-corrected chi connectivity index (χ4v) is 2.40. The second-order valence-corrected chi connectivity index (χ2v) is 5.83. The highest BCUT2D eigenvalue weighted by molar-refractivity contribution is 5.78. The number of methoxy groups -OCH3 is 1. The Kier molecular flexibility index (Phi) is 8.33. The van der Waals surface area contributed by atoms with E-state index in [-0.39, 0.29) is 31.6 Å². The molecule has 0 aromatic heterocycles. The summed E-state index contributed by atoms with van der Waals surface area (Å²) < 4.78 is 4.68. The van der Waals surface area contributed by atoms with Gasteiger partial charge in [-0.15, -0.1) is 0 Å². The molecule has 1 unspecified atom stereocenters. The topological polar surface area (TPSA) is 66.8 Å². The molecule has 1 rings (SSSR count). The molecule has 128 valence electrons. The Labute approximate surface area is 138 Å². The molecule has 1 amide bonds. The van der Waals surface area contributed by atoms with Gasteiger partial charge in [0, 0.05) is 19.5 Å². The van der Waals surface area contributed by atoms with Crippen LogP contribution in [0.5, 0.6) is 0 Å². The van der Waals surface area contributed by atoms with E-state index < -0.39 is 5.92 Å². The van der Waals surface area contributed by atoms with Gasteiger partial charge in [0.1, 0.15) is 0 Å². The van der Waals surface area contributed by atoms with Crippen molar-refractivity contribution in [1.82, 2.24) is 4.90 Å². The Balaban J connectivity index is 2.47. The Bertz CT molecular complexity index is 498. The van der Waals surface area contributed by atoms with Crippen molar-refractivity contribution in [1.29, 1.82) is 0 Å². The van der Waals surface area contributed by atoms with Crippen LogP contribution in [-0.4, -0.2) is 48.7 Å². The predicted octanol–water partition coefficient (Wildman–Crippen LogP) is 1.95. The highest BCUT2D eigenvalue weighted by atomic mass is 16.5. The van der Waals surface area contributed by atoms with Crippen molar-refractivity contribution < 1.29 is 19.4 Å². The minimum Gasteiger partial charge on any atom is -0.469 e. The zero-order valence-electron chi connectivity index (χ0n) is 14.2. The van der Waals surface area contributed by atoms with E-state index in [1.807, 2.05) is 6.92 Å². The zero-order chi connectivity index (χ0) is 17.2. The number of hydrogen-bond donors (Lipinski definition) is 1. The number of aryl methyl sites for hydroxylation is 2. The van der Waals surface area contributed by atoms with E-state index in [1.54, 1.807) is 6.92 Å². The van der Waals surface area contributed by atoms with Gasteiger partial charge in [-0.25, -0.2) is 0 Å². The first-order chi connectivity index (χ1) is 11.0. The third-order valence-electron chi connectivity index (χ3n) is 3.80. The Morgan fingerprint density at radius 3 is 2.48 bits per heavy atom. The van der Waals surface area contributed by atoms with Crippen molar-refractivity contribution >= 4 is 11.9 Å². The summed E-state index contributed by atoms with van der Waals surface area (Å²) in [7, 11) is 1.33. The lowest BCUT2D eigenvalue weighted by Gasteiger charge is -2.24. The Hall–Kier alpha value is -1.88. The molecule has 0 aliphatic carbocycles. The third kappa shape index (κ3) is 6.82. The number of aliphatic hydroxyl groups is 1. The molecule has 1 N–H and O–H groups in total. The van der Waals surface area contributed by atoms with Crippen LogP contribution in [0.15, 0.2) is 24.3 Å². The molecule has 1 aromatic carbocycles. The van der Waals surface area contributed by atoms with Crippen LogP contribution in [0, 0.1) is 12.8 Å². The zero-order valence-corrected chi connectivity index (χ0v) is 14.2. The average Bonchev–Trinajstić information content (AvgIpc) is 2.55. The summed E-state index contributed by atoms with van der Waals surface area (Å²) in [6.45, 7) is 4.16. The standard InChI is InChI=1S/C18H27NO4/c1-14-7-9-16(10-8-14)5-4-6-17(21)19(11-12-20)13-15(2)18(22)23-3/h7-10,15,20H,4-6,11-13H2,1-3H3. The molecular formula is C18H27NO4. The van der Waals surface area contributed by atoms with Crippen LogP contribution >= 0.6 is 0 Å². The fourth-order valence-electron chi connectivity index (χ4n) is 2.40. The van der Waals surface area contributed by atoms with Gasteiger partial charge in [-0.2, -0.15) is 0 Å². The van der Waals surface area contributed by atoms with Crippen LogP contribution < -0.4 is 0 Å². The first-order valence-electron chi connectivity index (χ1n) is 8.00. The average molecular weight is 321 g/mol. The molecule has 1 aromatic rings. The smallest absolute Gasteiger partial charge is 0.310 e. The van der Waals surface area contributed by atoms with E-state index >= 15 is 0 Å². The maximum absolute atomic E-state index is 12.3. The van der Waals surface area contributed by atoms with Crippen molar-refractivity contribution in [2.24, 2.45) is 5.92 Å². The first kappa shape index (κ1) is 19.2. The number of aliphatic hydroxyl groups excluding tert-OH is 1. The highest BCUT2D eigenvalue weighted by Crippen LogP contribution is 2.10. The molecule has 0 heterocycles. The summed E-state index contributed by atoms with van der Waals surface area (Å²) in [5.41, 5.74) is 2.43. The van der Waals surface area contributed by atoms with Crippen molar-refractivity contribution in [3.63, 3.8) is 0 Å². The molecule has 0 fully saturated rings. The quantitative estimate of drug-likeness (QED) is 0.706. The number of carbonyl (C=O) groups excluding carboxylic acids is 2. The number of hydrogen-bond acceptors (Lipinski definition) is 4. The monoisotopic (exact) mass is 321 g/mol. The van der Waals surface area contributed by atoms with Crippen LogP contribution in [0.4, 0.5) is 0 Å². The summed E-state index contributed by atoms with van der Waals surface area (Å²) in [5.74, 6) is -0.782. The fraction of sp³-hybridized carbons (Fsp3) is 0.556. The van der Waals surface area contributed by atoms with Gasteiger partial charge in [-0.3, -0.25) is 9.59 Å². The second kappa shape index (κ2) is 10.0. The minimum absolute atomic E-state index is 0.0399. The number of benzene rings is 1. The van der Waals surface area contributed by atoms with Crippen molar-refractivity contribution in [3.05, 3.63) is 35.4 Å². The van der Waals surface area contributed by atoms with E-state index in [0.29, 0.717) is 6.42 Å². The maximum Gasteiger partial charge on any atom is 0.310 e. The van der Waals surface area contributed by atoms with Crippen molar-refractivity contribution in [2.45, 2.75) is 33.1 Å². The van der Waals surface area contributed by atoms with E-state index in [1.165, 1.54) is 23.1 Å². The summed E-state index contributed by atoms with van der Waals surface area (Å²) in [4.78, 5) is 25.3. The molecule has 5 heteroatoms. The SMILES string of the molecule is COC(=O)C(C)CN(CCO)C(=O)CCCc1ccc(C)cc1. The summed E-state index contributed by atoms with van der Waals surface area (Å²) in [6, 6.07) is 8.27. The largest absolute Gasteiger partial charge is 0.469 e. The summed E-state index contributed by atoms with van der Waals surface area (Å²) in [6.07, 6.45) is 1.99. The lowest BCUT2D eigenvalue weighted by atomic mass is 10.1. The van der Waals surface area contributed by atoms with E-state index in [4.69, 9.17) is 5.11 Å². The molecule has 0 saturated carbocycles. The van der Waals surface area contributed by atoms with Crippen molar-refractivity contribution in [2.75, 3.05) is 26.8 Å². The summed E-state index contributed by atoms with van der Waals surface area (Å²) >= 11 is 0. The minimum atomic E-state index is -0.396. The molecule has 0 bridgehead atoms. The number of esters is 1. The number of nitrogens with zero attached hydrogens (tertiary/aromatic N) is 1. The van der Waals surface area contributed by atoms with Crippen molar-refractivity contribution in [3.8, 4) is 0 Å². The van der Waals surface area contributed by atoms with E-state index in [9.17, 15) is 9.59 Å². The molecule has 0 aliphatic rings. The van der Waals surface area contributed by atoms with Gasteiger partial charge in [0.15, 0.2) is 0 Å². The molecule has 0 saturated heterocycles. The van der Waals surface area contributed by atoms with Crippen LogP contribution in [0.25, 0.3) is 0 Å². The van der Waals surface area contributed by atoms with E-state index in [0.717, 1.165) is 12.8 Å². The summed E-state index contributed by atoms with van der Waals surface area (Å²) in [5, 5.41) is 9.11. The van der Waals surface area contributed by atoms with Crippen LogP contribution in [0.3, 0.4) is 0 Å². The van der Waals surface area contributed by atoms with Gasteiger partial charge in [0.05, 0.1) is 19.6 Å². The number of amides is 1. The number of carbonyl (C=O) groups is 2. The van der Waals surface area contributed by atoms with E-state index in [2.05, 4.69) is 29.0 Å². The number of rotatable bonds is 9. The third-order valence-corrected chi connectivity index (χ3v) is 3.80. The maximum atomic E-state index is 12.3. The first-order valence-corrected chi connectivity index (χ1v) is 8.00. The molecular weight excluding hydrogens is 294 g/mol. The molecule has 23 heavy (non-hydrogen) atoms. The molecule has 1 atom stereocenters. The Morgan fingerprint density at radius 2 is 1.91 bits per heavy atom. The van der Waals surface area contributed by atoms with Gasteiger partial charge >= 0.3 is 5.97 Å². The van der Waals surface area contributed by atoms with Gasteiger partial charge < -0.3 is 14.7 Å². The molecule has 5 nitrogen and oxygen atoms in total. The molecule has 0 aliphatic heterocycles. The lowest BCUT2D eigenvalue weighted by molar-refractivity contribution is -0.146. The van der Waals surface area contributed by atoms with Gasteiger partial charge in [-0.1, -0.05) is 36.8 Å². The molecule has 0 radical (unpaired) electrons. The van der Waals surface area contributed by atoms with Gasteiger partial charge in [-0.05, 0) is 25.3 Å². The van der Waals surface area contributed by atoms with Crippen LogP contribution in [0.2, 0.25) is 0 Å². The Morgan fingerprint density at radius 1 is 1.26 bits per heavy atom. The molecule has 0 spiro atoms. The highest BCUT2D eigenvalue weighted by Gasteiger charge is 2.20. The van der Waals surface area contributed by atoms with Crippen LogP contribution in [-0.2, 0) is 20.7 Å².